The molecule has 0 bridgehead atoms. The Kier molecular flexibility index (Phi) is 4.13. The third-order valence-corrected chi connectivity index (χ3v) is 4.33. The highest BCUT2D eigenvalue weighted by atomic mass is 79.9. The summed E-state index contributed by atoms with van der Waals surface area (Å²) < 4.78 is 6.34. The summed E-state index contributed by atoms with van der Waals surface area (Å²) in [5.41, 5.74) is 5.54. The Balaban J connectivity index is 2.07. The molecule has 17 heavy (non-hydrogen) atoms. The molecule has 1 saturated heterocycles. The highest BCUT2D eigenvalue weighted by Crippen LogP contribution is 2.24. The van der Waals surface area contributed by atoms with Gasteiger partial charge in [-0.2, -0.15) is 0 Å². The standard InChI is InChI=1S/C10H11BrN2O2S2/c11-8-2-1-7(17-8)10(14)13-3-4-15-6(5-13)9(12)16/h1-2,6H,3-5H2,(H2,12,16). The van der Waals surface area contributed by atoms with Gasteiger partial charge in [0.1, 0.15) is 11.1 Å². The number of carbonyl (C=O) groups is 1. The van der Waals surface area contributed by atoms with Gasteiger partial charge < -0.3 is 15.4 Å². The van der Waals surface area contributed by atoms with Gasteiger partial charge in [-0.1, -0.05) is 12.2 Å². The summed E-state index contributed by atoms with van der Waals surface area (Å²) in [6, 6.07) is 3.67. The van der Waals surface area contributed by atoms with Gasteiger partial charge in [0.25, 0.3) is 5.91 Å². The van der Waals surface area contributed by atoms with Crippen molar-refractivity contribution in [3.05, 3.63) is 20.8 Å². The second-order valence-corrected chi connectivity index (χ2v) is 6.55. The molecule has 92 valence electrons. The van der Waals surface area contributed by atoms with Crippen LogP contribution in [0.2, 0.25) is 0 Å². The predicted octanol–water partition coefficient (Wildman–Crippen LogP) is 1.64. The number of carbonyl (C=O) groups excluding carboxylic acids is 1. The van der Waals surface area contributed by atoms with Crippen molar-refractivity contribution in [3.63, 3.8) is 0 Å². The molecule has 2 N–H and O–H groups in total. The lowest BCUT2D eigenvalue weighted by molar-refractivity contribution is 0.00903. The van der Waals surface area contributed by atoms with Crippen LogP contribution in [0.3, 0.4) is 0 Å². The summed E-state index contributed by atoms with van der Waals surface area (Å²) >= 11 is 9.65. The number of morpholine rings is 1. The Morgan fingerprint density at radius 1 is 1.65 bits per heavy atom. The van der Waals surface area contributed by atoms with Gasteiger partial charge in [0.15, 0.2) is 0 Å². The Morgan fingerprint density at radius 3 is 3.00 bits per heavy atom. The zero-order chi connectivity index (χ0) is 12.4. The quantitative estimate of drug-likeness (QED) is 0.835. The van der Waals surface area contributed by atoms with Crippen molar-refractivity contribution in [1.29, 1.82) is 0 Å². The number of ether oxygens (including phenoxy) is 1. The first-order valence-corrected chi connectivity index (χ1v) is 7.05. The van der Waals surface area contributed by atoms with Crippen molar-refractivity contribution < 1.29 is 9.53 Å². The van der Waals surface area contributed by atoms with Crippen molar-refractivity contribution in [1.82, 2.24) is 4.90 Å². The molecule has 1 amide bonds. The van der Waals surface area contributed by atoms with Crippen molar-refractivity contribution in [3.8, 4) is 0 Å². The SMILES string of the molecule is NC(=S)C1CN(C(=O)c2ccc(Br)s2)CCO1. The molecule has 7 heteroatoms. The van der Waals surface area contributed by atoms with E-state index in [4.69, 9.17) is 22.7 Å². The molecule has 1 aromatic rings. The van der Waals surface area contributed by atoms with Crippen LogP contribution < -0.4 is 5.73 Å². The van der Waals surface area contributed by atoms with E-state index in [1.165, 1.54) is 11.3 Å². The van der Waals surface area contributed by atoms with E-state index in [0.29, 0.717) is 29.6 Å². The van der Waals surface area contributed by atoms with Crippen LogP contribution >= 0.6 is 39.5 Å². The van der Waals surface area contributed by atoms with Crippen LogP contribution in [0.4, 0.5) is 0 Å². The molecule has 0 spiro atoms. The zero-order valence-corrected chi connectivity index (χ0v) is 12.1. The lowest BCUT2D eigenvalue weighted by Gasteiger charge is -2.32. The average Bonchev–Trinajstić information content (AvgIpc) is 2.75. The zero-order valence-electron chi connectivity index (χ0n) is 8.89. The van der Waals surface area contributed by atoms with Crippen molar-refractivity contribution in [2.75, 3.05) is 19.7 Å². The van der Waals surface area contributed by atoms with Crippen LogP contribution in [0.5, 0.6) is 0 Å². The molecule has 2 heterocycles. The lowest BCUT2D eigenvalue weighted by Crippen LogP contribution is -2.49. The smallest absolute Gasteiger partial charge is 0.264 e. The first-order chi connectivity index (χ1) is 8.08. The third kappa shape index (κ3) is 3.04. The monoisotopic (exact) mass is 334 g/mol. The van der Waals surface area contributed by atoms with Crippen LogP contribution in [0.1, 0.15) is 9.67 Å². The lowest BCUT2D eigenvalue weighted by atomic mass is 10.2. The van der Waals surface area contributed by atoms with Gasteiger partial charge in [-0.25, -0.2) is 0 Å². The van der Waals surface area contributed by atoms with Gasteiger partial charge >= 0.3 is 0 Å². The molecular weight excluding hydrogens is 324 g/mol. The fourth-order valence-electron chi connectivity index (χ4n) is 1.59. The molecule has 0 aromatic carbocycles. The molecule has 0 radical (unpaired) electrons. The Labute approximate surface area is 117 Å². The summed E-state index contributed by atoms with van der Waals surface area (Å²) in [6.45, 7) is 1.48. The summed E-state index contributed by atoms with van der Waals surface area (Å²) in [6.07, 6.45) is -0.328. The maximum atomic E-state index is 12.2. The highest BCUT2D eigenvalue weighted by molar-refractivity contribution is 9.11. The van der Waals surface area contributed by atoms with Gasteiger partial charge in [-0.15, -0.1) is 11.3 Å². The van der Waals surface area contributed by atoms with Crippen LogP contribution in [-0.4, -0.2) is 41.6 Å². The van der Waals surface area contributed by atoms with E-state index in [1.807, 2.05) is 12.1 Å². The molecule has 2 rings (SSSR count). The maximum absolute atomic E-state index is 12.2. The molecule has 1 aliphatic heterocycles. The number of thiophene rings is 1. The molecule has 1 aromatic heterocycles. The number of halogens is 1. The highest BCUT2D eigenvalue weighted by Gasteiger charge is 2.27. The van der Waals surface area contributed by atoms with E-state index in [9.17, 15) is 4.79 Å². The van der Waals surface area contributed by atoms with Crippen LogP contribution in [-0.2, 0) is 4.74 Å². The number of nitrogens with zero attached hydrogens (tertiary/aromatic N) is 1. The van der Waals surface area contributed by atoms with Crippen molar-refractivity contribution in [2.24, 2.45) is 5.73 Å². The van der Waals surface area contributed by atoms with E-state index in [-0.39, 0.29) is 12.0 Å². The summed E-state index contributed by atoms with van der Waals surface area (Å²) in [7, 11) is 0. The molecule has 0 saturated carbocycles. The topological polar surface area (TPSA) is 55.6 Å². The number of thiocarbonyl (C=S) groups is 1. The van der Waals surface area contributed by atoms with Gasteiger partial charge in [0.05, 0.1) is 21.8 Å². The fourth-order valence-corrected chi connectivity index (χ4v) is 3.09. The summed E-state index contributed by atoms with van der Waals surface area (Å²) in [5, 5.41) is 0. The van der Waals surface area contributed by atoms with Crippen LogP contribution in [0.15, 0.2) is 15.9 Å². The summed E-state index contributed by atoms with van der Waals surface area (Å²) in [5.74, 6) is 0.00486. The minimum absolute atomic E-state index is 0.00486. The third-order valence-electron chi connectivity index (χ3n) is 2.45. The largest absolute Gasteiger partial charge is 0.391 e. The molecule has 1 aliphatic rings. The second-order valence-electron chi connectivity index (χ2n) is 3.62. The molecular formula is C10H11BrN2O2S2. The van der Waals surface area contributed by atoms with E-state index in [1.54, 1.807) is 4.90 Å². The van der Waals surface area contributed by atoms with E-state index < -0.39 is 0 Å². The molecule has 4 nitrogen and oxygen atoms in total. The average molecular weight is 335 g/mol. The minimum Gasteiger partial charge on any atom is -0.391 e. The Hall–Kier alpha value is -0.500. The van der Waals surface area contributed by atoms with E-state index in [0.717, 1.165) is 3.79 Å². The number of hydrogen-bond acceptors (Lipinski definition) is 4. The number of rotatable bonds is 2. The van der Waals surface area contributed by atoms with Crippen molar-refractivity contribution >= 4 is 50.4 Å². The Bertz CT molecular complexity index is 449. The second kappa shape index (κ2) is 5.43. The summed E-state index contributed by atoms with van der Waals surface area (Å²) in [4.78, 5) is 14.9. The molecule has 1 unspecified atom stereocenters. The maximum Gasteiger partial charge on any atom is 0.264 e. The molecule has 0 aliphatic carbocycles. The minimum atomic E-state index is -0.328. The number of hydrogen-bond donors (Lipinski definition) is 1. The Morgan fingerprint density at radius 2 is 2.41 bits per heavy atom. The van der Waals surface area contributed by atoms with Gasteiger partial charge in [-0.05, 0) is 28.1 Å². The van der Waals surface area contributed by atoms with Crippen molar-refractivity contribution in [2.45, 2.75) is 6.10 Å². The van der Waals surface area contributed by atoms with E-state index >= 15 is 0 Å². The predicted molar refractivity (Wildman–Crippen MR) is 74.4 cm³/mol. The number of amides is 1. The first kappa shape index (κ1) is 12.9. The number of nitrogens with two attached hydrogens (primary N) is 1. The first-order valence-electron chi connectivity index (χ1n) is 5.03. The van der Waals surface area contributed by atoms with Gasteiger partial charge in [-0.3, -0.25) is 4.79 Å². The molecule has 1 atom stereocenters. The van der Waals surface area contributed by atoms with Gasteiger partial charge in [0, 0.05) is 6.54 Å². The van der Waals surface area contributed by atoms with Gasteiger partial charge in [0.2, 0.25) is 0 Å². The molecule has 1 fully saturated rings. The fraction of sp³-hybridized carbons (Fsp3) is 0.400. The normalized spacial score (nSPS) is 20.3. The van der Waals surface area contributed by atoms with Crippen LogP contribution in [0, 0.1) is 0 Å². The van der Waals surface area contributed by atoms with E-state index in [2.05, 4.69) is 15.9 Å². The van der Waals surface area contributed by atoms with Crippen LogP contribution in [0.25, 0.3) is 0 Å².